The number of carbonyl (C=O) groups is 1. The second-order valence-corrected chi connectivity index (χ2v) is 4.09. The first-order chi connectivity index (χ1) is 7.72. The molecule has 90 valence electrons. The molecule has 0 saturated carbocycles. The number of nitriles is 1. The smallest absolute Gasteiger partial charge is 0.246 e. The Balaban J connectivity index is 2.12. The van der Waals surface area contributed by atoms with Crippen LogP contribution in [-0.2, 0) is 9.53 Å². The molecule has 1 aliphatic rings. The molecular weight excluding hydrogens is 206 g/mol. The van der Waals surface area contributed by atoms with Gasteiger partial charge in [0, 0.05) is 6.04 Å². The summed E-state index contributed by atoms with van der Waals surface area (Å²) in [5, 5.41) is 14.4. The number of rotatable bonds is 5. The van der Waals surface area contributed by atoms with E-state index in [1.807, 2.05) is 13.0 Å². The molecule has 2 N–H and O–H groups in total. The Morgan fingerprint density at radius 3 is 2.94 bits per heavy atom. The molecule has 1 heterocycles. The van der Waals surface area contributed by atoms with E-state index in [9.17, 15) is 4.79 Å². The third kappa shape index (κ3) is 5.10. The summed E-state index contributed by atoms with van der Waals surface area (Å²) in [5.41, 5.74) is 0. The van der Waals surface area contributed by atoms with E-state index in [-0.39, 0.29) is 24.7 Å². The maximum absolute atomic E-state index is 11.4. The minimum atomic E-state index is -0.138. The van der Waals surface area contributed by atoms with Gasteiger partial charge >= 0.3 is 0 Å². The van der Waals surface area contributed by atoms with Gasteiger partial charge in [0.2, 0.25) is 5.91 Å². The lowest BCUT2D eigenvalue weighted by Gasteiger charge is -2.22. The van der Waals surface area contributed by atoms with E-state index in [1.54, 1.807) is 0 Å². The molecule has 1 rings (SSSR count). The zero-order valence-electron chi connectivity index (χ0n) is 9.66. The Morgan fingerprint density at radius 1 is 1.62 bits per heavy atom. The fourth-order valence-corrected chi connectivity index (χ4v) is 1.66. The van der Waals surface area contributed by atoms with Crippen LogP contribution in [0.5, 0.6) is 0 Å². The maximum Gasteiger partial charge on any atom is 0.246 e. The summed E-state index contributed by atoms with van der Waals surface area (Å²) >= 11 is 0. The number of amides is 1. The Kier molecular flexibility index (Phi) is 5.83. The van der Waals surface area contributed by atoms with E-state index in [1.165, 1.54) is 0 Å². The van der Waals surface area contributed by atoms with Crippen molar-refractivity contribution in [2.75, 3.05) is 19.7 Å². The highest BCUT2D eigenvalue weighted by Crippen LogP contribution is 2.06. The zero-order chi connectivity index (χ0) is 11.8. The van der Waals surface area contributed by atoms with E-state index in [0.717, 1.165) is 25.9 Å². The predicted molar refractivity (Wildman–Crippen MR) is 59.7 cm³/mol. The first-order valence-electron chi connectivity index (χ1n) is 5.71. The van der Waals surface area contributed by atoms with E-state index < -0.39 is 0 Å². The second-order valence-electron chi connectivity index (χ2n) is 4.09. The molecule has 1 amide bonds. The van der Waals surface area contributed by atoms with Crippen LogP contribution in [0.25, 0.3) is 0 Å². The van der Waals surface area contributed by atoms with Crippen LogP contribution < -0.4 is 10.6 Å². The molecule has 5 nitrogen and oxygen atoms in total. The molecule has 0 bridgehead atoms. The normalized spacial score (nSPS) is 18.8. The number of piperidine rings is 1. The van der Waals surface area contributed by atoms with Crippen molar-refractivity contribution in [3.8, 4) is 6.07 Å². The third-order valence-corrected chi connectivity index (χ3v) is 2.54. The summed E-state index contributed by atoms with van der Waals surface area (Å²) in [7, 11) is 0. The van der Waals surface area contributed by atoms with Gasteiger partial charge in [-0.2, -0.15) is 5.26 Å². The summed E-state index contributed by atoms with van der Waals surface area (Å²) in [6.07, 6.45) is 2.44. The molecule has 0 aliphatic carbocycles. The average molecular weight is 225 g/mol. The fourth-order valence-electron chi connectivity index (χ4n) is 1.66. The van der Waals surface area contributed by atoms with Gasteiger partial charge in [-0.25, -0.2) is 0 Å². The highest BCUT2D eigenvalue weighted by Gasteiger charge is 2.15. The van der Waals surface area contributed by atoms with Gasteiger partial charge < -0.3 is 15.4 Å². The molecule has 0 spiro atoms. The Morgan fingerprint density at radius 2 is 2.31 bits per heavy atom. The third-order valence-electron chi connectivity index (χ3n) is 2.54. The topological polar surface area (TPSA) is 74.2 Å². The standard InChI is InChI=1S/C11H19N3O2/c1-9(2-5-12)14-11(15)8-16-10-3-6-13-7-4-10/h9-10,13H,2-4,6-8H2,1H3,(H,14,15). The van der Waals surface area contributed by atoms with Gasteiger partial charge in [0.05, 0.1) is 18.6 Å². The number of nitrogens with zero attached hydrogens (tertiary/aromatic N) is 1. The summed E-state index contributed by atoms with van der Waals surface area (Å²) in [5.74, 6) is -0.138. The molecule has 5 heteroatoms. The van der Waals surface area contributed by atoms with Crippen molar-refractivity contribution in [1.82, 2.24) is 10.6 Å². The summed E-state index contributed by atoms with van der Waals surface area (Å²) in [6.45, 7) is 3.82. The molecule has 0 aromatic rings. The Hall–Kier alpha value is -1.12. The lowest BCUT2D eigenvalue weighted by atomic mass is 10.1. The van der Waals surface area contributed by atoms with Crippen molar-refractivity contribution in [2.45, 2.75) is 38.3 Å². The van der Waals surface area contributed by atoms with E-state index in [2.05, 4.69) is 10.6 Å². The molecule has 16 heavy (non-hydrogen) atoms. The van der Waals surface area contributed by atoms with Gasteiger partial charge in [0.15, 0.2) is 0 Å². The van der Waals surface area contributed by atoms with Crippen LogP contribution in [0.4, 0.5) is 0 Å². The lowest BCUT2D eigenvalue weighted by molar-refractivity contribution is -0.128. The summed E-state index contributed by atoms with van der Waals surface area (Å²) < 4.78 is 5.49. The lowest BCUT2D eigenvalue weighted by Crippen LogP contribution is -2.38. The van der Waals surface area contributed by atoms with Crippen molar-refractivity contribution >= 4 is 5.91 Å². The van der Waals surface area contributed by atoms with Crippen molar-refractivity contribution in [2.24, 2.45) is 0 Å². The number of ether oxygens (including phenoxy) is 1. The molecule has 1 saturated heterocycles. The van der Waals surface area contributed by atoms with Crippen LogP contribution >= 0.6 is 0 Å². The molecule has 0 aromatic carbocycles. The quantitative estimate of drug-likeness (QED) is 0.699. The predicted octanol–water partition coefficient (Wildman–Crippen LogP) is 0.173. The van der Waals surface area contributed by atoms with Crippen LogP contribution in [0.2, 0.25) is 0 Å². The number of hydrogen-bond acceptors (Lipinski definition) is 4. The molecule has 1 fully saturated rings. The first kappa shape index (κ1) is 12.9. The Labute approximate surface area is 96.2 Å². The van der Waals surface area contributed by atoms with Crippen molar-refractivity contribution in [3.05, 3.63) is 0 Å². The zero-order valence-corrected chi connectivity index (χ0v) is 9.66. The number of carbonyl (C=O) groups excluding carboxylic acids is 1. The molecule has 1 atom stereocenters. The number of nitrogens with one attached hydrogen (secondary N) is 2. The average Bonchev–Trinajstić information content (AvgIpc) is 2.28. The molecule has 0 aromatic heterocycles. The van der Waals surface area contributed by atoms with Gasteiger partial charge in [-0.15, -0.1) is 0 Å². The molecule has 1 unspecified atom stereocenters. The van der Waals surface area contributed by atoms with Gasteiger partial charge in [-0.05, 0) is 32.9 Å². The minimum absolute atomic E-state index is 0.0977. The summed E-state index contributed by atoms with van der Waals surface area (Å²) in [4.78, 5) is 11.4. The summed E-state index contributed by atoms with van der Waals surface area (Å²) in [6, 6.07) is 1.91. The molecular formula is C11H19N3O2. The van der Waals surface area contributed by atoms with Crippen molar-refractivity contribution in [1.29, 1.82) is 5.26 Å². The monoisotopic (exact) mass is 225 g/mol. The van der Waals surface area contributed by atoms with Crippen LogP contribution in [0.15, 0.2) is 0 Å². The van der Waals surface area contributed by atoms with Crippen LogP contribution in [0.3, 0.4) is 0 Å². The van der Waals surface area contributed by atoms with Crippen LogP contribution in [0, 0.1) is 11.3 Å². The van der Waals surface area contributed by atoms with Gasteiger partial charge in [-0.3, -0.25) is 4.79 Å². The highest BCUT2D eigenvalue weighted by molar-refractivity contribution is 5.77. The number of hydrogen-bond donors (Lipinski definition) is 2. The van der Waals surface area contributed by atoms with Crippen molar-refractivity contribution < 1.29 is 9.53 Å². The first-order valence-corrected chi connectivity index (χ1v) is 5.71. The highest BCUT2D eigenvalue weighted by atomic mass is 16.5. The van der Waals surface area contributed by atoms with E-state index in [4.69, 9.17) is 10.00 Å². The van der Waals surface area contributed by atoms with Crippen LogP contribution in [0.1, 0.15) is 26.2 Å². The van der Waals surface area contributed by atoms with Gasteiger partial charge in [0.1, 0.15) is 6.61 Å². The Bertz CT molecular complexity index is 256. The van der Waals surface area contributed by atoms with Gasteiger partial charge in [-0.1, -0.05) is 0 Å². The molecule has 0 radical (unpaired) electrons. The maximum atomic E-state index is 11.4. The van der Waals surface area contributed by atoms with E-state index >= 15 is 0 Å². The molecule has 1 aliphatic heterocycles. The SMILES string of the molecule is CC(CC#N)NC(=O)COC1CCNCC1. The van der Waals surface area contributed by atoms with Gasteiger partial charge in [0.25, 0.3) is 0 Å². The van der Waals surface area contributed by atoms with E-state index in [0.29, 0.717) is 6.42 Å². The van der Waals surface area contributed by atoms with Crippen LogP contribution in [-0.4, -0.2) is 37.7 Å². The minimum Gasteiger partial charge on any atom is -0.368 e. The second kappa shape index (κ2) is 7.20. The van der Waals surface area contributed by atoms with Crippen molar-refractivity contribution in [3.63, 3.8) is 0 Å². The largest absolute Gasteiger partial charge is 0.368 e. The fraction of sp³-hybridized carbons (Fsp3) is 0.818.